The normalized spacial score (nSPS) is 14.2. The molecule has 0 aromatic rings. The predicted molar refractivity (Wildman–Crippen MR) is 95.5 cm³/mol. The Morgan fingerprint density at radius 3 is 1.62 bits per heavy atom. The Hall–Kier alpha value is 0.870. The molecule has 0 saturated carbocycles. The number of aliphatic hydroxyl groups is 1. The second kappa shape index (κ2) is 17.3. The second-order valence-corrected chi connectivity index (χ2v) is 8.38. The summed E-state index contributed by atoms with van der Waals surface area (Å²) in [7, 11) is -4.11. The van der Waals surface area contributed by atoms with Crippen LogP contribution in [0.4, 0.5) is 0 Å². The van der Waals surface area contributed by atoms with Crippen molar-refractivity contribution in [1.29, 1.82) is 0 Å². The summed E-state index contributed by atoms with van der Waals surface area (Å²) in [5.41, 5.74) is 0. The van der Waals surface area contributed by atoms with Crippen LogP contribution >= 0.6 is 0 Å². The molecule has 2 atom stereocenters. The van der Waals surface area contributed by atoms with Crippen molar-refractivity contribution >= 4 is 10.1 Å². The van der Waals surface area contributed by atoms with Crippen LogP contribution in [-0.2, 0) is 10.1 Å². The Kier molecular flexibility index (Phi) is 19.5. The van der Waals surface area contributed by atoms with Crippen LogP contribution in [-0.4, -0.2) is 29.4 Å². The minimum absolute atomic E-state index is 0. The van der Waals surface area contributed by atoms with Crippen molar-refractivity contribution in [2.24, 2.45) is 0 Å². The van der Waals surface area contributed by atoms with E-state index < -0.39 is 15.4 Å². The van der Waals surface area contributed by atoms with E-state index in [0.29, 0.717) is 12.8 Å². The van der Waals surface area contributed by atoms with Crippen LogP contribution in [0, 0.1) is 0 Å². The molecule has 0 rings (SSSR count). The summed E-state index contributed by atoms with van der Waals surface area (Å²) in [6, 6.07) is 0. The van der Waals surface area contributed by atoms with Gasteiger partial charge in [-0.25, -0.2) is 8.42 Å². The fourth-order valence-electron chi connectivity index (χ4n) is 2.96. The minimum Gasteiger partial charge on any atom is -0.748 e. The summed E-state index contributed by atoms with van der Waals surface area (Å²) in [4.78, 5) is 0. The Morgan fingerprint density at radius 2 is 1.21 bits per heavy atom. The molecule has 0 radical (unpaired) electrons. The number of rotatable bonds is 16. The zero-order valence-electron chi connectivity index (χ0n) is 16.1. The summed E-state index contributed by atoms with van der Waals surface area (Å²) in [5.74, 6) is 0. The summed E-state index contributed by atoms with van der Waals surface area (Å²) in [6.45, 7) is 3.94. The topological polar surface area (TPSA) is 77.4 Å². The van der Waals surface area contributed by atoms with Crippen molar-refractivity contribution in [1.82, 2.24) is 0 Å². The van der Waals surface area contributed by atoms with Gasteiger partial charge in [0.1, 0.15) is 0 Å². The average Bonchev–Trinajstić information content (AvgIpc) is 2.48. The summed E-state index contributed by atoms with van der Waals surface area (Å²) < 4.78 is 32.9. The first-order valence-corrected chi connectivity index (χ1v) is 11.0. The van der Waals surface area contributed by atoms with Gasteiger partial charge in [0.15, 0.2) is 0 Å². The van der Waals surface area contributed by atoms with Crippen LogP contribution in [0.15, 0.2) is 0 Å². The van der Waals surface area contributed by atoms with Crippen molar-refractivity contribution in [2.45, 2.75) is 115 Å². The summed E-state index contributed by atoms with van der Waals surface area (Å²) >= 11 is 0. The molecule has 0 saturated heterocycles. The number of hydrogen-bond acceptors (Lipinski definition) is 4. The van der Waals surface area contributed by atoms with Crippen molar-refractivity contribution in [3.05, 3.63) is 0 Å². The van der Waals surface area contributed by atoms with Crippen LogP contribution < -0.4 is 29.6 Å². The third-order valence-corrected chi connectivity index (χ3v) is 5.95. The molecular formula is C18H37NaO4S. The molecule has 6 heteroatoms. The quantitative estimate of drug-likeness (QED) is 0.254. The van der Waals surface area contributed by atoms with Crippen LogP contribution in [0.3, 0.4) is 0 Å². The molecule has 1 N–H and O–H groups in total. The predicted octanol–water partition coefficient (Wildman–Crippen LogP) is 1.77. The first kappa shape index (κ1) is 27.1. The Bertz CT molecular complexity index is 360. The van der Waals surface area contributed by atoms with Gasteiger partial charge >= 0.3 is 29.6 Å². The third-order valence-electron chi connectivity index (χ3n) is 4.57. The van der Waals surface area contributed by atoms with Crippen molar-refractivity contribution in [3.8, 4) is 0 Å². The molecule has 2 unspecified atom stereocenters. The van der Waals surface area contributed by atoms with Gasteiger partial charge in [-0.3, -0.25) is 0 Å². The molecule has 0 amide bonds. The molecule has 24 heavy (non-hydrogen) atoms. The first-order chi connectivity index (χ1) is 10.9. The van der Waals surface area contributed by atoms with Gasteiger partial charge < -0.3 is 9.66 Å². The van der Waals surface area contributed by atoms with Crippen LogP contribution in [0.25, 0.3) is 0 Å². The van der Waals surface area contributed by atoms with E-state index in [-0.39, 0.29) is 35.7 Å². The van der Waals surface area contributed by atoms with E-state index in [1.165, 1.54) is 19.3 Å². The zero-order valence-corrected chi connectivity index (χ0v) is 19.0. The Morgan fingerprint density at radius 1 is 0.792 bits per heavy atom. The number of unbranched alkanes of at least 4 members (excludes halogenated alkanes) is 8. The maximum absolute atomic E-state index is 11.0. The molecule has 4 nitrogen and oxygen atoms in total. The fraction of sp³-hybridized carbons (Fsp3) is 1.00. The Balaban J connectivity index is 0. The molecule has 0 aromatic carbocycles. The molecule has 0 aromatic heterocycles. The first-order valence-electron chi connectivity index (χ1n) is 9.54. The SMILES string of the molecule is CCCCCC(O)CCCCCCCCCC(CC)S(=O)(=O)[O-].[Na+]. The van der Waals surface area contributed by atoms with Crippen molar-refractivity contribution in [3.63, 3.8) is 0 Å². The van der Waals surface area contributed by atoms with Gasteiger partial charge in [-0.15, -0.1) is 0 Å². The van der Waals surface area contributed by atoms with Gasteiger partial charge in [0.25, 0.3) is 0 Å². The maximum Gasteiger partial charge on any atom is 1.00 e. The Labute approximate surface area is 172 Å². The largest absolute Gasteiger partial charge is 1.00 e. The number of aliphatic hydroxyl groups excluding tert-OH is 1. The van der Waals surface area contributed by atoms with E-state index in [1.54, 1.807) is 6.92 Å². The van der Waals surface area contributed by atoms with Gasteiger partial charge in [0, 0.05) is 5.25 Å². The van der Waals surface area contributed by atoms with E-state index in [4.69, 9.17) is 0 Å². The van der Waals surface area contributed by atoms with E-state index >= 15 is 0 Å². The van der Waals surface area contributed by atoms with E-state index in [0.717, 1.165) is 57.8 Å². The standard InChI is InChI=1S/C18H38O4S.Na/c1-3-5-11-14-17(19)15-12-9-7-6-8-10-13-16-18(4-2)23(20,21)22;/h17-19H,3-16H2,1-2H3,(H,20,21,22);/q;+1/p-1. The van der Waals surface area contributed by atoms with E-state index in [9.17, 15) is 18.1 Å². The molecular weight excluding hydrogens is 335 g/mol. The van der Waals surface area contributed by atoms with Gasteiger partial charge in [0.2, 0.25) is 0 Å². The molecule has 0 spiro atoms. The smallest absolute Gasteiger partial charge is 0.748 e. The van der Waals surface area contributed by atoms with Crippen LogP contribution in [0.1, 0.15) is 104 Å². The number of hydrogen-bond donors (Lipinski definition) is 1. The second-order valence-electron chi connectivity index (χ2n) is 6.72. The molecule has 0 aliphatic rings. The van der Waals surface area contributed by atoms with Crippen molar-refractivity contribution in [2.75, 3.05) is 0 Å². The van der Waals surface area contributed by atoms with Crippen LogP contribution in [0.5, 0.6) is 0 Å². The minimum atomic E-state index is -4.11. The molecule has 140 valence electrons. The third kappa shape index (κ3) is 16.3. The zero-order chi connectivity index (χ0) is 17.6. The maximum atomic E-state index is 11.0. The van der Waals surface area contributed by atoms with E-state index in [1.807, 2.05) is 0 Å². The fourth-order valence-corrected chi connectivity index (χ4v) is 3.83. The summed E-state index contributed by atoms with van der Waals surface area (Å²) in [5, 5.41) is 9.12. The van der Waals surface area contributed by atoms with E-state index in [2.05, 4.69) is 6.92 Å². The molecule has 0 aliphatic carbocycles. The van der Waals surface area contributed by atoms with Gasteiger partial charge in [-0.1, -0.05) is 78.1 Å². The monoisotopic (exact) mass is 372 g/mol. The van der Waals surface area contributed by atoms with Gasteiger partial charge in [0.05, 0.1) is 16.2 Å². The average molecular weight is 373 g/mol. The molecule has 0 aliphatic heterocycles. The van der Waals surface area contributed by atoms with Crippen molar-refractivity contribution < 1.29 is 47.6 Å². The molecule has 0 heterocycles. The summed E-state index contributed by atoms with van der Waals surface area (Å²) in [6.07, 6.45) is 13.8. The molecule has 0 fully saturated rings. The van der Waals surface area contributed by atoms with Gasteiger partial charge in [-0.2, -0.15) is 0 Å². The van der Waals surface area contributed by atoms with Crippen LogP contribution in [0.2, 0.25) is 0 Å². The van der Waals surface area contributed by atoms with Gasteiger partial charge in [-0.05, 0) is 25.7 Å². The molecule has 0 bridgehead atoms.